The van der Waals surface area contributed by atoms with Gasteiger partial charge in [-0.1, -0.05) is 0 Å². The van der Waals surface area contributed by atoms with E-state index in [1.54, 1.807) is 0 Å². The molecule has 0 radical (unpaired) electrons. The minimum Gasteiger partial charge on any atom is -0.347 e. The molecule has 0 fully saturated rings. The molecule has 0 heterocycles. The van der Waals surface area contributed by atoms with Crippen LogP contribution in [0.3, 0.4) is 0 Å². The van der Waals surface area contributed by atoms with Crippen LogP contribution in [0.25, 0.3) is 0 Å². The fraction of sp³-hybridized carbons (Fsp3) is 0.833. The number of hydrogen-bond acceptors (Lipinski definition) is 2. The minimum atomic E-state index is -0.488. The van der Waals surface area contributed by atoms with Gasteiger partial charge < -0.3 is 4.74 Å². The lowest BCUT2D eigenvalue weighted by atomic mass is 10.2. The third-order valence-electron chi connectivity index (χ3n) is 0.559. The summed E-state index contributed by atoms with van der Waals surface area (Å²) in [5, 5.41) is 7.79. The Labute approximate surface area is 63.9 Å². The normalized spacial score (nSPS) is 14.6. The highest BCUT2D eigenvalue weighted by atomic mass is 79.9. The predicted molar refractivity (Wildman–Crippen MR) is 39.2 cm³/mol. The molecule has 1 unspecified atom stereocenters. The van der Waals surface area contributed by atoms with Crippen LogP contribution in [-0.2, 0) is 4.74 Å². The van der Waals surface area contributed by atoms with Crippen molar-refractivity contribution in [2.75, 3.05) is 0 Å². The van der Waals surface area contributed by atoms with Crippen LogP contribution in [0.5, 0.6) is 0 Å². The van der Waals surface area contributed by atoms with Crippen LogP contribution < -0.4 is 0 Å². The number of rotatable bonds is 1. The molecule has 0 saturated carbocycles. The summed E-state index contributed by atoms with van der Waals surface area (Å²) < 4.78 is 5.14. The van der Waals surface area contributed by atoms with Gasteiger partial charge >= 0.3 is 0 Å². The Balaban J connectivity index is 3.63. The fourth-order valence-electron chi connectivity index (χ4n) is 0.337. The zero-order valence-corrected chi connectivity index (χ0v) is 7.40. The molecular formula is C6H10BrNO. The van der Waals surface area contributed by atoms with Crippen molar-refractivity contribution in [2.45, 2.75) is 31.4 Å². The standard InChI is InChI=1S/C6H10BrNO/c1-6(2,3)9-5(7)4-8/h5H,1-3H3. The van der Waals surface area contributed by atoms with Crippen molar-refractivity contribution < 1.29 is 4.74 Å². The highest BCUT2D eigenvalue weighted by Crippen LogP contribution is 2.13. The Morgan fingerprint density at radius 3 is 2.11 bits per heavy atom. The molecule has 0 aromatic rings. The van der Waals surface area contributed by atoms with Crippen LogP contribution >= 0.6 is 15.9 Å². The summed E-state index contributed by atoms with van der Waals surface area (Å²) >= 11 is 3.03. The zero-order chi connectivity index (χ0) is 7.49. The molecule has 0 spiro atoms. The molecule has 0 aromatic heterocycles. The van der Waals surface area contributed by atoms with Gasteiger partial charge in [-0.3, -0.25) is 0 Å². The summed E-state index contributed by atoms with van der Waals surface area (Å²) in [4.78, 5) is 0. The monoisotopic (exact) mass is 191 g/mol. The molecule has 0 aliphatic rings. The number of alkyl halides is 1. The van der Waals surface area contributed by atoms with E-state index in [2.05, 4.69) is 15.9 Å². The quantitative estimate of drug-likeness (QED) is 0.595. The van der Waals surface area contributed by atoms with E-state index in [1.807, 2.05) is 26.8 Å². The molecular weight excluding hydrogens is 182 g/mol. The molecule has 0 N–H and O–H groups in total. The number of nitrogens with zero attached hydrogens (tertiary/aromatic N) is 1. The highest BCUT2D eigenvalue weighted by molar-refractivity contribution is 9.09. The Morgan fingerprint density at radius 2 is 2.00 bits per heavy atom. The van der Waals surface area contributed by atoms with E-state index in [-0.39, 0.29) is 5.60 Å². The van der Waals surface area contributed by atoms with Gasteiger partial charge in [0.15, 0.2) is 5.01 Å². The molecule has 3 heteroatoms. The van der Waals surface area contributed by atoms with Crippen LogP contribution in [0.1, 0.15) is 20.8 Å². The van der Waals surface area contributed by atoms with Crippen LogP contribution in [0, 0.1) is 11.3 Å². The first-order valence-electron chi connectivity index (χ1n) is 2.67. The van der Waals surface area contributed by atoms with E-state index in [0.717, 1.165) is 0 Å². The Bertz CT molecular complexity index is 122. The Kier molecular flexibility index (Phi) is 3.16. The fourth-order valence-corrected chi connectivity index (χ4v) is 0.897. The van der Waals surface area contributed by atoms with Crippen LogP contribution in [-0.4, -0.2) is 10.6 Å². The van der Waals surface area contributed by atoms with Crippen molar-refractivity contribution >= 4 is 15.9 Å². The van der Waals surface area contributed by atoms with Gasteiger partial charge in [0, 0.05) is 0 Å². The Morgan fingerprint density at radius 1 is 1.56 bits per heavy atom. The molecule has 0 aromatic carbocycles. The van der Waals surface area contributed by atoms with Gasteiger partial charge in [0.25, 0.3) is 0 Å². The molecule has 52 valence electrons. The van der Waals surface area contributed by atoms with Gasteiger partial charge in [-0.2, -0.15) is 5.26 Å². The van der Waals surface area contributed by atoms with Crippen molar-refractivity contribution in [1.82, 2.24) is 0 Å². The summed E-state index contributed by atoms with van der Waals surface area (Å²) in [6, 6.07) is 1.92. The van der Waals surface area contributed by atoms with Crippen LogP contribution in [0.2, 0.25) is 0 Å². The first kappa shape index (κ1) is 8.93. The molecule has 0 amide bonds. The maximum Gasteiger partial charge on any atom is 0.199 e. The molecule has 0 aliphatic carbocycles. The van der Waals surface area contributed by atoms with Gasteiger partial charge in [0.2, 0.25) is 0 Å². The van der Waals surface area contributed by atoms with E-state index in [1.165, 1.54) is 0 Å². The third kappa shape index (κ3) is 5.81. The smallest absolute Gasteiger partial charge is 0.199 e. The SMILES string of the molecule is CC(C)(C)OC(Br)C#N. The third-order valence-corrected chi connectivity index (χ3v) is 0.950. The van der Waals surface area contributed by atoms with Crippen molar-refractivity contribution in [3.05, 3.63) is 0 Å². The summed E-state index contributed by atoms with van der Waals surface area (Å²) in [6.07, 6.45) is 0. The molecule has 0 saturated heterocycles. The zero-order valence-electron chi connectivity index (χ0n) is 5.81. The lowest BCUT2D eigenvalue weighted by Crippen LogP contribution is -2.22. The molecule has 2 nitrogen and oxygen atoms in total. The second-order valence-electron chi connectivity index (χ2n) is 2.68. The van der Waals surface area contributed by atoms with E-state index in [0.29, 0.717) is 0 Å². The van der Waals surface area contributed by atoms with E-state index < -0.39 is 5.01 Å². The molecule has 0 rings (SSSR count). The van der Waals surface area contributed by atoms with E-state index in [9.17, 15) is 0 Å². The predicted octanol–water partition coefficient (Wildman–Crippen LogP) is 2.05. The average Bonchev–Trinajstić information content (AvgIpc) is 1.62. The molecule has 0 aliphatic heterocycles. The minimum absolute atomic E-state index is 0.246. The lowest BCUT2D eigenvalue weighted by molar-refractivity contribution is 0.00481. The molecule has 1 atom stereocenters. The van der Waals surface area contributed by atoms with Gasteiger partial charge in [-0.15, -0.1) is 0 Å². The largest absolute Gasteiger partial charge is 0.347 e. The topological polar surface area (TPSA) is 33.0 Å². The van der Waals surface area contributed by atoms with Gasteiger partial charge in [-0.25, -0.2) is 0 Å². The average molecular weight is 192 g/mol. The van der Waals surface area contributed by atoms with E-state index >= 15 is 0 Å². The van der Waals surface area contributed by atoms with Crippen LogP contribution in [0.15, 0.2) is 0 Å². The van der Waals surface area contributed by atoms with Crippen LogP contribution in [0.4, 0.5) is 0 Å². The summed E-state index contributed by atoms with van der Waals surface area (Å²) in [6.45, 7) is 5.70. The summed E-state index contributed by atoms with van der Waals surface area (Å²) in [5.41, 5.74) is -0.246. The van der Waals surface area contributed by atoms with Gasteiger partial charge in [0.1, 0.15) is 6.07 Å². The van der Waals surface area contributed by atoms with Crippen molar-refractivity contribution in [2.24, 2.45) is 0 Å². The van der Waals surface area contributed by atoms with E-state index in [4.69, 9.17) is 10.00 Å². The number of halogens is 1. The molecule has 9 heavy (non-hydrogen) atoms. The number of nitriles is 1. The maximum absolute atomic E-state index is 8.28. The number of hydrogen-bond donors (Lipinski definition) is 0. The van der Waals surface area contributed by atoms with Crippen molar-refractivity contribution in [3.8, 4) is 6.07 Å². The second-order valence-corrected chi connectivity index (χ2v) is 3.51. The van der Waals surface area contributed by atoms with Crippen molar-refractivity contribution in [1.29, 1.82) is 5.26 Å². The highest BCUT2D eigenvalue weighted by Gasteiger charge is 2.14. The maximum atomic E-state index is 8.28. The lowest BCUT2D eigenvalue weighted by Gasteiger charge is -2.19. The summed E-state index contributed by atoms with van der Waals surface area (Å²) in [7, 11) is 0. The van der Waals surface area contributed by atoms with Gasteiger partial charge in [0.05, 0.1) is 5.60 Å². The van der Waals surface area contributed by atoms with Crippen molar-refractivity contribution in [3.63, 3.8) is 0 Å². The molecule has 0 bridgehead atoms. The number of ether oxygens (including phenoxy) is 1. The Hall–Kier alpha value is -0.0700. The van der Waals surface area contributed by atoms with Gasteiger partial charge in [-0.05, 0) is 36.7 Å². The first-order valence-corrected chi connectivity index (χ1v) is 3.59. The first-order chi connectivity index (χ1) is 3.95. The summed E-state index contributed by atoms with van der Waals surface area (Å²) in [5.74, 6) is 0. The second kappa shape index (κ2) is 3.19.